The maximum absolute atomic E-state index is 9.74. The van der Waals surface area contributed by atoms with Crippen molar-refractivity contribution in [1.29, 1.82) is 0 Å². The van der Waals surface area contributed by atoms with Crippen LogP contribution in [0.15, 0.2) is 24.3 Å². The Kier molecular flexibility index (Phi) is 18.9. The van der Waals surface area contributed by atoms with Crippen molar-refractivity contribution in [3.63, 3.8) is 0 Å². The molecular formula is C21H41NOS. The Morgan fingerprint density at radius 2 is 1.42 bits per heavy atom. The van der Waals surface area contributed by atoms with Gasteiger partial charge in [0.05, 0.1) is 0 Å². The molecule has 1 unspecified atom stereocenters. The molecule has 0 amide bonds. The van der Waals surface area contributed by atoms with Gasteiger partial charge in [0.15, 0.2) is 0 Å². The molecule has 0 radical (unpaired) electrons. The molecule has 24 heavy (non-hydrogen) atoms. The summed E-state index contributed by atoms with van der Waals surface area (Å²) in [5.74, 6) is 1.08. The molecule has 0 aliphatic heterocycles. The molecule has 0 heterocycles. The third-order valence-corrected chi connectivity index (χ3v) is 4.98. The van der Waals surface area contributed by atoms with E-state index in [1.165, 1.54) is 64.2 Å². The lowest BCUT2D eigenvalue weighted by atomic mass is 10.1. The summed E-state index contributed by atoms with van der Waals surface area (Å²) in [5.41, 5.74) is -0.231. The minimum absolute atomic E-state index is 0.231. The Morgan fingerprint density at radius 3 is 2.04 bits per heavy atom. The molecule has 0 aliphatic carbocycles. The number of aliphatic hydroxyl groups excluding tert-OH is 1. The van der Waals surface area contributed by atoms with Gasteiger partial charge in [-0.05, 0) is 58.4 Å². The maximum Gasteiger partial charge on any atom is 0.112 e. The number of hydrogen-bond donors (Lipinski definition) is 1. The standard InChI is InChI=1S/C21H41NOS/c1-4-5-6-7-8-9-10-11-12-13-14-15-16-17-18-19-24-21(23)20-22(2)3/h8-9,11-12,21,23H,4-7,10,13-20H2,1-3H3/b9-8-,12-11-. The number of allylic oxidation sites excluding steroid dienone is 4. The molecular weight excluding hydrogens is 314 g/mol. The van der Waals surface area contributed by atoms with Crippen LogP contribution < -0.4 is 0 Å². The summed E-state index contributed by atoms with van der Waals surface area (Å²) >= 11 is 1.69. The second-order valence-electron chi connectivity index (χ2n) is 6.82. The highest BCUT2D eigenvalue weighted by atomic mass is 32.2. The number of thioether (sulfide) groups is 1. The molecule has 0 saturated heterocycles. The summed E-state index contributed by atoms with van der Waals surface area (Å²) in [6, 6.07) is 0. The molecule has 0 rings (SSSR count). The van der Waals surface area contributed by atoms with Gasteiger partial charge in [-0.3, -0.25) is 0 Å². The van der Waals surface area contributed by atoms with E-state index in [9.17, 15) is 5.11 Å². The first-order valence-electron chi connectivity index (χ1n) is 9.91. The Hall–Kier alpha value is -0.250. The van der Waals surface area contributed by atoms with Crippen LogP contribution in [0.3, 0.4) is 0 Å². The molecule has 1 atom stereocenters. The third-order valence-electron chi connectivity index (χ3n) is 3.93. The van der Waals surface area contributed by atoms with Crippen LogP contribution in [0.1, 0.15) is 77.6 Å². The topological polar surface area (TPSA) is 23.5 Å². The maximum atomic E-state index is 9.74. The van der Waals surface area contributed by atoms with Crippen LogP contribution in [0.4, 0.5) is 0 Å². The smallest absolute Gasteiger partial charge is 0.112 e. The van der Waals surface area contributed by atoms with Crippen molar-refractivity contribution in [1.82, 2.24) is 4.90 Å². The van der Waals surface area contributed by atoms with Gasteiger partial charge in [0.1, 0.15) is 5.44 Å². The van der Waals surface area contributed by atoms with Crippen LogP contribution in [-0.2, 0) is 0 Å². The lowest BCUT2D eigenvalue weighted by molar-refractivity contribution is 0.212. The van der Waals surface area contributed by atoms with Gasteiger partial charge in [-0.2, -0.15) is 0 Å². The van der Waals surface area contributed by atoms with Gasteiger partial charge in [-0.15, -0.1) is 11.8 Å². The van der Waals surface area contributed by atoms with E-state index < -0.39 is 0 Å². The number of hydrogen-bond acceptors (Lipinski definition) is 3. The molecule has 0 aromatic rings. The molecule has 0 aromatic carbocycles. The molecule has 0 spiro atoms. The van der Waals surface area contributed by atoms with Gasteiger partial charge in [0, 0.05) is 6.54 Å². The Morgan fingerprint density at radius 1 is 0.833 bits per heavy atom. The molecule has 142 valence electrons. The molecule has 0 saturated carbocycles. The zero-order valence-corrected chi connectivity index (χ0v) is 17.2. The van der Waals surface area contributed by atoms with E-state index in [0.29, 0.717) is 0 Å². The first-order chi connectivity index (χ1) is 11.7. The van der Waals surface area contributed by atoms with Crippen molar-refractivity contribution >= 4 is 11.8 Å². The van der Waals surface area contributed by atoms with E-state index in [1.807, 2.05) is 19.0 Å². The van der Waals surface area contributed by atoms with Gasteiger partial charge in [0.2, 0.25) is 0 Å². The van der Waals surface area contributed by atoms with E-state index in [1.54, 1.807) is 11.8 Å². The Balaban J connectivity index is 3.23. The van der Waals surface area contributed by atoms with Crippen LogP contribution in [0.25, 0.3) is 0 Å². The SMILES string of the molecule is CCCCC/C=C\C/C=C\CCCCCCCSC(O)CN(C)C. The minimum atomic E-state index is -0.231. The summed E-state index contributed by atoms with van der Waals surface area (Å²) < 4.78 is 0. The Bertz CT molecular complexity index is 302. The largest absolute Gasteiger partial charge is 0.381 e. The van der Waals surface area contributed by atoms with Crippen LogP contribution in [0.2, 0.25) is 0 Å². The molecule has 0 aromatic heterocycles. The van der Waals surface area contributed by atoms with E-state index in [0.717, 1.165) is 18.7 Å². The van der Waals surface area contributed by atoms with Crippen molar-refractivity contribution in [2.75, 3.05) is 26.4 Å². The predicted octanol–water partition coefficient (Wildman–Crippen LogP) is 6.02. The second-order valence-corrected chi connectivity index (χ2v) is 8.10. The number of nitrogens with zero attached hydrogens (tertiary/aromatic N) is 1. The summed E-state index contributed by atoms with van der Waals surface area (Å²) in [5, 5.41) is 9.74. The monoisotopic (exact) mass is 355 g/mol. The molecule has 0 aliphatic rings. The van der Waals surface area contributed by atoms with Crippen molar-refractivity contribution in [3.05, 3.63) is 24.3 Å². The first-order valence-corrected chi connectivity index (χ1v) is 11.0. The zero-order valence-electron chi connectivity index (χ0n) is 16.4. The quantitative estimate of drug-likeness (QED) is 0.196. The van der Waals surface area contributed by atoms with Crippen molar-refractivity contribution in [2.24, 2.45) is 0 Å². The van der Waals surface area contributed by atoms with Gasteiger partial charge in [0.25, 0.3) is 0 Å². The highest BCUT2D eigenvalue weighted by Crippen LogP contribution is 2.13. The van der Waals surface area contributed by atoms with E-state index in [-0.39, 0.29) is 5.44 Å². The molecule has 3 heteroatoms. The molecule has 2 nitrogen and oxygen atoms in total. The summed E-state index contributed by atoms with van der Waals surface area (Å²) in [6.45, 7) is 3.01. The average Bonchev–Trinajstić information content (AvgIpc) is 2.53. The normalized spacial score (nSPS) is 13.5. The number of rotatable bonds is 17. The van der Waals surface area contributed by atoms with E-state index in [4.69, 9.17) is 0 Å². The fourth-order valence-corrected chi connectivity index (χ4v) is 3.54. The Labute approximate surface area is 155 Å². The van der Waals surface area contributed by atoms with Gasteiger partial charge < -0.3 is 10.0 Å². The van der Waals surface area contributed by atoms with Crippen molar-refractivity contribution in [3.8, 4) is 0 Å². The summed E-state index contributed by atoms with van der Waals surface area (Å²) in [7, 11) is 4.00. The molecule has 1 N–H and O–H groups in total. The molecule has 0 bridgehead atoms. The fraction of sp³-hybridized carbons (Fsp3) is 0.810. The number of likely N-dealkylation sites (N-methyl/N-ethyl adjacent to an activating group) is 1. The predicted molar refractivity (Wildman–Crippen MR) is 112 cm³/mol. The minimum Gasteiger partial charge on any atom is -0.381 e. The number of unbranched alkanes of at least 4 members (excludes halogenated alkanes) is 8. The number of aliphatic hydroxyl groups is 1. The van der Waals surface area contributed by atoms with Crippen LogP contribution in [0.5, 0.6) is 0 Å². The van der Waals surface area contributed by atoms with Gasteiger partial charge in [-0.1, -0.05) is 63.3 Å². The van der Waals surface area contributed by atoms with Crippen molar-refractivity contribution in [2.45, 2.75) is 83.0 Å². The van der Waals surface area contributed by atoms with Crippen LogP contribution in [0, 0.1) is 0 Å². The average molecular weight is 356 g/mol. The summed E-state index contributed by atoms with van der Waals surface area (Å²) in [6.07, 6.45) is 23.3. The summed E-state index contributed by atoms with van der Waals surface area (Å²) in [4.78, 5) is 2.04. The first kappa shape index (κ1) is 23.8. The highest BCUT2D eigenvalue weighted by molar-refractivity contribution is 7.99. The fourth-order valence-electron chi connectivity index (χ4n) is 2.50. The van der Waals surface area contributed by atoms with Gasteiger partial charge >= 0.3 is 0 Å². The lowest BCUT2D eigenvalue weighted by Gasteiger charge is -2.15. The van der Waals surface area contributed by atoms with Gasteiger partial charge in [-0.25, -0.2) is 0 Å². The zero-order chi connectivity index (χ0) is 17.9. The lowest BCUT2D eigenvalue weighted by Crippen LogP contribution is -2.23. The second kappa shape index (κ2) is 19.1. The van der Waals surface area contributed by atoms with E-state index in [2.05, 4.69) is 31.2 Å². The van der Waals surface area contributed by atoms with E-state index >= 15 is 0 Å². The third kappa shape index (κ3) is 19.8. The van der Waals surface area contributed by atoms with Crippen LogP contribution in [-0.4, -0.2) is 41.8 Å². The highest BCUT2D eigenvalue weighted by Gasteiger charge is 2.04. The van der Waals surface area contributed by atoms with Crippen LogP contribution >= 0.6 is 11.8 Å². The molecule has 0 fully saturated rings. The van der Waals surface area contributed by atoms with Crippen molar-refractivity contribution < 1.29 is 5.11 Å².